The minimum atomic E-state index is -1.60. The number of amides is 1. The van der Waals surface area contributed by atoms with E-state index in [1.54, 1.807) is 30.9 Å². The van der Waals surface area contributed by atoms with E-state index in [0.29, 0.717) is 17.2 Å². The average Bonchev–Trinajstić information content (AvgIpc) is 3.49. The number of aromatic nitrogens is 5. The predicted octanol–water partition coefficient (Wildman–Crippen LogP) is 1.27. The van der Waals surface area contributed by atoms with E-state index in [-0.39, 0.29) is 17.5 Å². The molecule has 2 N–H and O–H groups in total. The maximum absolute atomic E-state index is 12.7. The van der Waals surface area contributed by atoms with Crippen molar-refractivity contribution < 1.29 is 9.21 Å². The molecule has 0 atom stereocenters. The molecule has 0 spiro atoms. The third-order valence-corrected chi connectivity index (χ3v) is 5.56. The van der Waals surface area contributed by atoms with Crippen LogP contribution in [0.25, 0.3) is 22.0 Å². The van der Waals surface area contributed by atoms with Crippen LogP contribution in [0, 0.1) is 0 Å². The molecular formula is C21H18B3N7O2. The van der Waals surface area contributed by atoms with Gasteiger partial charge in [0.2, 0.25) is 0 Å². The van der Waals surface area contributed by atoms with Crippen molar-refractivity contribution in [2.45, 2.75) is 24.0 Å². The van der Waals surface area contributed by atoms with Crippen molar-refractivity contribution in [1.82, 2.24) is 30.0 Å². The van der Waals surface area contributed by atoms with Gasteiger partial charge in [0.1, 0.15) is 12.1 Å². The molecule has 9 nitrogen and oxygen atoms in total. The van der Waals surface area contributed by atoms with Crippen molar-refractivity contribution in [3.63, 3.8) is 0 Å². The molecule has 33 heavy (non-hydrogen) atoms. The summed E-state index contributed by atoms with van der Waals surface area (Å²) in [6, 6.07) is 3.64. The highest BCUT2D eigenvalue weighted by molar-refractivity contribution is 6.56. The molecule has 1 aliphatic heterocycles. The zero-order chi connectivity index (χ0) is 23.0. The SMILES string of the molecule is [B]C([B])([B])n1cc(-c2cnc3cnc(NC(=O)c4coc(C5CCNCC5)n4)cc3c2)cn1. The molecule has 0 unspecified atom stereocenters. The fraction of sp³-hybridized carbons (Fsp3) is 0.286. The second-order valence-electron chi connectivity index (χ2n) is 8.10. The number of hydrogen-bond acceptors (Lipinski definition) is 7. The van der Waals surface area contributed by atoms with Gasteiger partial charge in [-0.3, -0.25) is 14.5 Å². The lowest BCUT2D eigenvalue weighted by molar-refractivity contribution is 0.102. The maximum Gasteiger partial charge on any atom is 0.278 e. The van der Waals surface area contributed by atoms with Gasteiger partial charge < -0.3 is 15.1 Å². The number of anilines is 1. The van der Waals surface area contributed by atoms with Crippen molar-refractivity contribution in [2.24, 2.45) is 0 Å². The number of nitrogens with one attached hydrogen (secondary N) is 2. The highest BCUT2D eigenvalue weighted by atomic mass is 16.3. The Morgan fingerprint density at radius 2 is 1.94 bits per heavy atom. The van der Waals surface area contributed by atoms with Crippen LogP contribution >= 0.6 is 0 Å². The lowest BCUT2D eigenvalue weighted by atomic mass is 9.49. The van der Waals surface area contributed by atoms with Crippen LogP contribution in [0.15, 0.2) is 47.6 Å². The van der Waals surface area contributed by atoms with Crippen LogP contribution in [0.5, 0.6) is 0 Å². The van der Waals surface area contributed by atoms with E-state index in [9.17, 15) is 4.79 Å². The molecule has 0 saturated carbocycles. The topological polar surface area (TPSA) is 111 Å². The monoisotopic (exact) mass is 433 g/mol. The quantitative estimate of drug-likeness (QED) is 0.457. The zero-order valence-electron chi connectivity index (χ0n) is 17.7. The number of carbonyl (C=O) groups is 1. The molecule has 158 valence electrons. The van der Waals surface area contributed by atoms with Crippen molar-refractivity contribution >= 4 is 46.2 Å². The Labute approximate surface area is 194 Å². The van der Waals surface area contributed by atoms with Gasteiger partial charge in [0.25, 0.3) is 5.91 Å². The van der Waals surface area contributed by atoms with Crippen molar-refractivity contribution in [2.75, 3.05) is 18.4 Å². The molecule has 5 heterocycles. The van der Waals surface area contributed by atoms with Crippen LogP contribution in [-0.4, -0.2) is 67.3 Å². The van der Waals surface area contributed by atoms with E-state index in [1.807, 2.05) is 6.07 Å². The Hall–Kier alpha value is -3.40. The molecule has 0 aromatic carbocycles. The number of pyridine rings is 2. The lowest BCUT2D eigenvalue weighted by Crippen LogP contribution is -2.35. The standard InChI is InChI=1S/C21H18B3N7O2/c22-21(23,24)31-10-15(8-28-31)14-5-13-6-18(27-9-16(13)26-7-14)30-19(32)17-11-33-20(29-17)12-1-3-25-4-2-12/h5-12,25H,1-4H2,(H,27,30,32). The first-order chi connectivity index (χ1) is 15.9. The lowest BCUT2D eigenvalue weighted by Gasteiger charge is -2.20. The molecule has 1 fully saturated rings. The minimum Gasteiger partial charge on any atom is -0.448 e. The van der Waals surface area contributed by atoms with Gasteiger partial charge in [0, 0.05) is 34.8 Å². The van der Waals surface area contributed by atoms with Gasteiger partial charge in [-0.25, -0.2) is 9.97 Å². The summed E-state index contributed by atoms with van der Waals surface area (Å²) in [5.74, 6) is 0.808. The van der Waals surface area contributed by atoms with Gasteiger partial charge in [0.15, 0.2) is 11.6 Å². The van der Waals surface area contributed by atoms with E-state index in [2.05, 4.69) is 30.7 Å². The summed E-state index contributed by atoms with van der Waals surface area (Å²) in [5.41, 5.74) is 2.42. The van der Waals surface area contributed by atoms with E-state index in [4.69, 9.17) is 28.0 Å². The molecule has 4 aromatic heterocycles. The van der Waals surface area contributed by atoms with E-state index >= 15 is 0 Å². The average molecular weight is 433 g/mol. The molecule has 6 radical (unpaired) electrons. The first-order valence-corrected chi connectivity index (χ1v) is 10.5. The Balaban J connectivity index is 1.35. The van der Waals surface area contributed by atoms with Crippen LogP contribution in [0.4, 0.5) is 5.82 Å². The van der Waals surface area contributed by atoms with Crippen molar-refractivity contribution in [3.05, 3.63) is 54.8 Å². The van der Waals surface area contributed by atoms with Crippen LogP contribution < -0.4 is 10.6 Å². The summed E-state index contributed by atoms with van der Waals surface area (Å²) in [7, 11) is 17.0. The van der Waals surface area contributed by atoms with Crippen molar-refractivity contribution in [1.29, 1.82) is 0 Å². The number of rotatable bonds is 5. The largest absolute Gasteiger partial charge is 0.448 e. The second kappa shape index (κ2) is 8.51. The molecule has 0 aliphatic carbocycles. The van der Waals surface area contributed by atoms with Crippen LogP contribution in [0.3, 0.4) is 0 Å². The van der Waals surface area contributed by atoms with E-state index in [1.165, 1.54) is 10.9 Å². The number of hydrogen-bond donors (Lipinski definition) is 2. The van der Waals surface area contributed by atoms with Crippen molar-refractivity contribution in [3.8, 4) is 11.1 Å². The van der Waals surface area contributed by atoms with Crippen LogP contribution in [0.1, 0.15) is 35.1 Å². The van der Waals surface area contributed by atoms with Gasteiger partial charge >= 0.3 is 0 Å². The van der Waals surface area contributed by atoms with Crippen LogP contribution in [-0.2, 0) is 5.24 Å². The fourth-order valence-electron chi connectivity index (χ4n) is 3.77. The molecule has 5 rings (SSSR count). The van der Waals surface area contributed by atoms with Gasteiger partial charge in [0.05, 0.1) is 41.4 Å². The van der Waals surface area contributed by atoms with E-state index < -0.39 is 5.24 Å². The maximum atomic E-state index is 12.7. The van der Waals surface area contributed by atoms with Gasteiger partial charge in [-0.2, -0.15) is 5.10 Å². The summed E-state index contributed by atoms with van der Waals surface area (Å²) in [6.45, 7) is 1.83. The number of nitrogens with zero attached hydrogens (tertiary/aromatic N) is 5. The minimum absolute atomic E-state index is 0.221. The van der Waals surface area contributed by atoms with Gasteiger partial charge in [-0.05, 0) is 43.3 Å². The summed E-state index contributed by atoms with van der Waals surface area (Å²) < 4.78 is 6.82. The molecule has 1 aliphatic rings. The number of piperidine rings is 1. The second-order valence-corrected chi connectivity index (χ2v) is 8.10. The zero-order valence-corrected chi connectivity index (χ0v) is 17.7. The highest BCUT2D eigenvalue weighted by Crippen LogP contribution is 2.26. The molecule has 1 saturated heterocycles. The first kappa shape index (κ1) is 21.5. The Morgan fingerprint density at radius 1 is 1.12 bits per heavy atom. The van der Waals surface area contributed by atoms with E-state index in [0.717, 1.165) is 42.4 Å². The Morgan fingerprint density at radius 3 is 2.70 bits per heavy atom. The summed E-state index contributed by atoms with van der Waals surface area (Å²) in [5, 5.41) is 9.35. The molecule has 4 aromatic rings. The third kappa shape index (κ3) is 4.56. The molecule has 1 amide bonds. The fourth-order valence-corrected chi connectivity index (χ4v) is 3.77. The number of fused-ring (bicyclic) bond motifs is 1. The first-order valence-electron chi connectivity index (χ1n) is 10.5. The summed E-state index contributed by atoms with van der Waals surface area (Å²) in [4.78, 5) is 25.8. The normalized spacial score (nSPS) is 15.0. The number of oxazole rings is 1. The molecule has 12 heteroatoms. The summed E-state index contributed by atoms with van der Waals surface area (Å²) in [6.07, 6.45) is 9.77. The Kier molecular flexibility index (Phi) is 5.53. The van der Waals surface area contributed by atoms with Gasteiger partial charge in [-0.1, -0.05) is 0 Å². The van der Waals surface area contributed by atoms with Gasteiger partial charge in [-0.15, -0.1) is 0 Å². The number of carbonyl (C=O) groups excluding carboxylic acids is 1. The Bertz CT molecular complexity index is 1310. The predicted molar refractivity (Wildman–Crippen MR) is 125 cm³/mol. The molecule has 0 bridgehead atoms. The highest BCUT2D eigenvalue weighted by Gasteiger charge is 2.22. The van der Waals surface area contributed by atoms with Crippen LogP contribution in [0.2, 0.25) is 0 Å². The summed E-state index contributed by atoms with van der Waals surface area (Å²) >= 11 is 0. The third-order valence-electron chi connectivity index (χ3n) is 5.56. The molecular weight excluding hydrogens is 415 g/mol. The smallest absolute Gasteiger partial charge is 0.278 e.